The van der Waals surface area contributed by atoms with E-state index in [2.05, 4.69) is 4.98 Å². The van der Waals surface area contributed by atoms with E-state index >= 15 is 0 Å². The summed E-state index contributed by atoms with van der Waals surface area (Å²) in [5.74, 6) is -0.443. The molecule has 2 aromatic rings. The summed E-state index contributed by atoms with van der Waals surface area (Å²) in [5.41, 5.74) is 1.19. The molecule has 5 nitrogen and oxygen atoms in total. The molecule has 1 aliphatic heterocycles. The largest absolute Gasteiger partial charge is 0.393 e. The van der Waals surface area contributed by atoms with E-state index in [9.17, 15) is 14.3 Å². The Morgan fingerprint density at radius 1 is 1.44 bits per heavy atom. The number of hydrogen-bond acceptors (Lipinski definition) is 4. The Bertz CT molecular complexity index is 768. The minimum atomic E-state index is -0.928. The van der Waals surface area contributed by atoms with Crippen LogP contribution in [-0.2, 0) is 11.2 Å². The number of amides is 1. The number of hydrogen-bond donors (Lipinski definition) is 1. The highest BCUT2D eigenvalue weighted by atomic mass is 19.1. The second-order valence-electron chi connectivity index (χ2n) is 6.41. The second-order valence-corrected chi connectivity index (χ2v) is 6.41. The highest BCUT2D eigenvalue weighted by Gasteiger charge is 2.38. The smallest absolute Gasteiger partial charge is 0.254 e. The molecular formula is C19H21FN2O3. The van der Waals surface area contributed by atoms with Gasteiger partial charge in [-0.2, -0.15) is 0 Å². The molecule has 1 aromatic heterocycles. The maximum absolute atomic E-state index is 13.4. The molecule has 0 aliphatic carbocycles. The van der Waals surface area contributed by atoms with Gasteiger partial charge in [0.2, 0.25) is 0 Å². The van der Waals surface area contributed by atoms with Crippen molar-refractivity contribution in [3.63, 3.8) is 0 Å². The van der Waals surface area contributed by atoms with Gasteiger partial charge in [0.1, 0.15) is 11.4 Å². The quantitative estimate of drug-likeness (QED) is 0.921. The highest BCUT2D eigenvalue weighted by molar-refractivity contribution is 5.95. The lowest BCUT2D eigenvalue weighted by atomic mass is 9.92. The molecule has 2 heterocycles. The van der Waals surface area contributed by atoms with Crippen LogP contribution in [0, 0.1) is 12.7 Å². The van der Waals surface area contributed by atoms with E-state index in [1.54, 1.807) is 35.5 Å². The van der Waals surface area contributed by atoms with E-state index < -0.39 is 5.60 Å². The molecule has 1 amide bonds. The number of aromatic nitrogens is 1. The molecule has 0 unspecified atom stereocenters. The van der Waals surface area contributed by atoms with Crippen LogP contribution in [0.1, 0.15) is 21.5 Å². The number of carbonyl (C=O) groups excluding carboxylic acids is 1. The van der Waals surface area contributed by atoms with Gasteiger partial charge < -0.3 is 14.7 Å². The first kappa shape index (κ1) is 17.5. The minimum Gasteiger partial charge on any atom is -0.393 e. The summed E-state index contributed by atoms with van der Waals surface area (Å²) in [7, 11) is 0. The Labute approximate surface area is 146 Å². The fourth-order valence-electron chi connectivity index (χ4n) is 3.18. The first-order valence-corrected chi connectivity index (χ1v) is 8.22. The van der Waals surface area contributed by atoms with Gasteiger partial charge >= 0.3 is 0 Å². The maximum Gasteiger partial charge on any atom is 0.254 e. The third-order valence-corrected chi connectivity index (χ3v) is 4.49. The van der Waals surface area contributed by atoms with Gasteiger partial charge in [-0.15, -0.1) is 0 Å². The van der Waals surface area contributed by atoms with Crippen LogP contribution in [0.25, 0.3) is 0 Å². The van der Waals surface area contributed by atoms with Gasteiger partial charge in [0.05, 0.1) is 19.8 Å². The van der Waals surface area contributed by atoms with Crippen molar-refractivity contribution in [1.29, 1.82) is 0 Å². The normalized spacial score (nSPS) is 20.5. The minimum absolute atomic E-state index is 0.111. The van der Waals surface area contributed by atoms with Crippen molar-refractivity contribution in [2.75, 3.05) is 26.3 Å². The summed E-state index contributed by atoms with van der Waals surface area (Å²) in [4.78, 5) is 18.5. The van der Waals surface area contributed by atoms with Gasteiger partial charge in [0.25, 0.3) is 5.91 Å². The Hall–Kier alpha value is -2.31. The first-order chi connectivity index (χ1) is 12.0. The van der Waals surface area contributed by atoms with Crippen LogP contribution in [0.15, 0.2) is 42.7 Å². The fourth-order valence-corrected chi connectivity index (χ4v) is 3.18. The molecule has 1 aliphatic rings. The number of aliphatic hydroxyl groups excluding tert-OH is 1. The molecule has 3 rings (SSSR count). The molecule has 0 bridgehead atoms. The van der Waals surface area contributed by atoms with Crippen LogP contribution in [0.2, 0.25) is 0 Å². The van der Waals surface area contributed by atoms with E-state index in [0.717, 1.165) is 11.1 Å². The van der Waals surface area contributed by atoms with Gasteiger partial charge in [0, 0.05) is 30.9 Å². The Kier molecular flexibility index (Phi) is 5.11. The summed E-state index contributed by atoms with van der Waals surface area (Å²) in [6.07, 6.45) is 3.58. The zero-order chi connectivity index (χ0) is 17.9. The van der Waals surface area contributed by atoms with Crippen LogP contribution in [0.5, 0.6) is 0 Å². The Morgan fingerprint density at radius 2 is 2.28 bits per heavy atom. The predicted octanol–water partition coefficient (Wildman–Crippen LogP) is 1.98. The highest BCUT2D eigenvalue weighted by Crippen LogP contribution is 2.25. The Balaban J connectivity index is 1.80. The number of nitrogens with zero attached hydrogens (tertiary/aromatic N) is 2. The van der Waals surface area contributed by atoms with Crippen molar-refractivity contribution in [2.24, 2.45) is 0 Å². The summed E-state index contributed by atoms with van der Waals surface area (Å²) >= 11 is 0. The summed E-state index contributed by atoms with van der Waals surface area (Å²) in [6.45, 7) is 2.62. The summed E-state index contributed by atoms with van der Waals surface area (Å²) in [5, 5.41) is 9.93. The van der Waals surface area contributed by atoms with E-state index in [4.69, 9.17) is 4.74 Å². The molecule has 1 saturated heterocycles. The van der Waals surface area contributed by atoms with Gasteiger partial charge in [-0.05, 0) is 36.2 Å². The summed E-state index contributed by atoms with van der Waals surface area (Å²) in [6, 6.07) is 7.91. The van der Waals surface area contributed by atoms with Gasteiger partial charge in [-0.1, -0.05) is 12.1 Å². The number of aryl methyl sites for hydroxylation is 1. The number of pyridine rings is 1. The monoisotopic (exact) mass is 344 g/mol. The topological polar surface area (TPSA) is 62.7 Å². The average molecular weight is 344 g/mol. The third-order valence-electron chi connectivity index (χ3n) is 4.49. The van der Waals surface area contributed by atoms with Crippen molar-refractivity contribution < 1.29 is 19.0 Å². The van der Waals surface area contributed by atoms with E-state index in [0.29, 0.717) is 25.1 Å². The van der Waals surface area contributed by atoms with Crippen LogP contribution in [0.4, 0.5) is 4.39 Å². The van der Waals surface area contributed by atoms with Crippen LogP contribution >= 0.6 is 0 Å². The third kappa shape index (κ3) is 3.86. The number of ether oxygens (including phenoxy) is 1. The second kappa shape index (κ2) is 7.29. The fraction of sp³-hybridized carbons (Fsp3) is 0.368. The van der Waals surface area contributed by atoms with Crippen LogP contribution in [-0.4, -0.2) is 52.8 Å². The zero-order valence-corrected chi connectivity index (χ0v) is 14.1. The van der Waals surface area contributed by atoms with Crippen molar-refractivity contribution in [1.82, 2.24) is 9.88 Å². The lowest BCUT2D eigenvalue weighted by molar-refractivity contribution is -0.123. The van der Waals surface area contributed by atoms with E-state index in [-0.39, 0.29) is 24.9 Å². The number of benzene rings is 1. The van der Waals surface area contributed by atoms with Crippen molar-refractivity contribution in [3.8, 4) is 0 Å². The molecule has 0 spiro atoms. The van der Waals surface area contributed by atoms with Gasteiger partial charge in [-0.3, -0.25) is 9.78 Å². The van der Waals surface area contributed by atoms with Crippen LogP contribution in [0.3, 0.4) is 0 Å². The molecule has 1 fully saturated rings. The molecular weight excluding hydrogens is 323 g/mol. The maximum atomic E-state index is 13.4. The molecule has 0 saturated carbocycles. The SMILES string of the molecule is Cc1cnccc1C(=O)N1CCO[C@@](CO)(Cc2cccc(F)c2)C1. The molecule has 132 valence electrons. The van der Waals surface area contributed by atoms with Gasteiger partial charge in [0.15, 0.2) is 0 Å². The average Bonchev–Trinajstić information content (AvgIpc) is 2.62. The number of carbonyl (C=O) groups is 1. The number of aliphatic hydroxyl groups is 1. The molecule has 6 heteroatoms. The number of halogens is 1. The molecule has 1 aromatic carbocycles. The van der Waals surface area contributed by atoms with Crippen LogP contribution < -0.4 is 0 Å². The molecule has 1 atom stereocenters. The standard InChI is InChI=1S/C19H21FN2O3/c1-14-11-21-6-5-17(14)18(24)22-7-8-25-19(12-22,13-23)10-15-3-2-4-16(20)9-15/h2-6,9,11,23H,7-8,10,12-13H2,1H3/t19-/m0/s1. The zero-order valence-electron chi connectivity index (χ0n) is 14.1. The number of morpholine rings is 1. The molecule has 0 radical (unpaired) electrons. The van der Waals surface area contributed by atoms with Gasteiger partial charge in [-0.25, -0.2) is 4.39 Å². The van der Waals surface area contributed by atoms with Crippen molar-refractivity contribution in [3.05, 3.63) is 65.2 Å². The molecule has 1 N–H and O–H groups in total. The predicted molar refractivity (Wildman–Crippen MR) is 90.8 cm³/mol. The lowest BCUT2D eigenvalue weighted by Crippen LogP contribution is -2.56. The number of rotatable bonds is 4. The van der Waals surface area contributed by atoms with Crippen molar-refractivity contribution >= 4 is 5.91 Å². The Morgan fingerprint density at radius 3 is 3.00 bits per heavy atom. The van der Waals surface area contributed by atoms with E-state index in [1.807, 2.05) is 6.92 Å². The van der Waals surface area contributed by atoms with Crippen molar-refractivity contribution in [2.45, 2.75) is 18.9 Å². The first-order valence-electron chi connectivity index (χ1n) is 8.22. The summed E-state index contributed by atoms with van der Waals surface area (Å²) < 4.78 is 19.3. The lowest BCUT2D eigenvalue weighted by Gasteiger charge is -2.42. The van der Waals surface area contributed by atoms with E-state index in [1.165, 1.54) is 12.1 Å². The molecule has 25 heavy (non-hydrogen) atoms.